The minimum Gasteiger partial charge on any atom is -0.303 e. The van der Waals surface area contributed by atoms with Crippen LogP contribution in [0.5, 0.6) is 0 Å². The van der Waals surface area contributed by atoms with E-state index in [-0.39, 0.29) is 0 Å². The summed E-state index contributed by atoms with van der Waals surface area (Å²) in [5.41, 5.74) is 0. The van der Waals surface area contributed by atoms with Gasteiger partial charge in [0.1, 0.15) is 0 Å². The van der Waals surface area contributed by atoms with E-state index in [2.05, 4.69) is 37.9 Å². The molecule has 0 aromatic rings. The molecular weight excluding hydrogens is 134 g/mol. The van der Waals surface area contributed by atoms with Crippen LogP contribution in [-0.4, -0.2) is 24.5 Å². The number of hydrogen-bond acceptors (Lipinski definition) is 1. The Morgan fingerprint density at radius 3 is 2.73 bits per heavy atom. The molecule has 1 aliphatic rings. The maximum atomic E-state index is 2.45. The lowest BCUT2D eigenvalue weighted by Crippen LogP contribution is -2.35. The molecule has 1 aliphatic heterocycles. The molecule has 2 atom stereocenters. The van der Waals surface area contributed by atoms with Crippen LogP contribution in [0.15, 0.2) is 12.2 Å². The Bertz CT molecular complexity index is 140. The van der Waals surface area contributed by atoms with Crippen LogP contribution in [0.4, 0.5) is 0 Å². The predicted octanol–water partition coefficient (Wildman–Crippen LogP) is 2.29. The molecule has 0 N–H and O–H groups in total. The van der Waals surface area contributed by atoms with E-state index in [0.717, 1.165) is 12.0 Å². The summed E-state index contributed by atoms with van der Waals surface area (Å²) in [7, 11) is 2.22. The lowest BCUT2D eigenvalue weighted by atomic mass is 9.97. The van der Waals surface area contributed by atoms with Crippen LogP contribution in [0.25, 0.3) is 0 Å². The molecule has 0 radical (unpaired) electrons. The fourth-order valence-electron chi connectivity index (χ4n) is 1.54. The molecular formula is C10H19N. The number of nitrogens with zero attached hydrogens (tertiary/aromatic N) is 1. The van der Waals surface area contributed by atoms with Gasteiger partial charge in [0.15, 0.2) is 0 Å². The van der Waals surface area contributed by atoms with E-state index in [1.165, 1.54) is 19.4 Å². The molecule has 64 valence electrons. The quantitative estimate of drug-likeness (QED) is 0.483. The first kappa shape index (κ1) is 8.79. The van der Waals surface area contributed by atoms with Crippen LogP contribution < -0.4 is 0 Å². The maximum absolute atomic E-state index is 2.45. The summed E-state index contributed by atoms with van der Waals surface area (Å²) >= 11 is 0. The molecule has 1 heterocycles. The molecule has 11 heavy (non-hydrogen) atoms. The zero-order chi connectivity index (χ0) is 8.27. The van der Waals surface area contributed by atoms with Crippen LogP contribution in [0.1, 0.15) is 26.7 Å². The highest BCUT2D eigenvalue weighted by Gasteiger charge is 2.16. The van der Waals surface area contributed by atoms with Gasteiger partial charge in [-0.1, -0.05) is 19.1 Å². The van der Waals surface area contributed by atoms with Crippen molar-refractivity contribution in [3.8, 4) is 0 Å². The van der Waals surface area contributed by atoms with E-state index in [4.69, 9.17) is 0 Å². The molecule has 0 saturated heterocycles. The summed E-state index contributed by atoms with van der Waals surface area (Å²) < 4.78 is 0. The van der Waals surface area contributed by atoms with Gasteiger partial charge in [-0.2, -0.15) is 0 Å². The number of hydrogen-bond donors (Lipinski definition) is 0. The van der Waals surface area contributed by atoms with E-state index in [1.807, 2.05) is 0 Å². The van der Waals surface area contributed by atoms with Gasteiger partial charge in [0.25, 0.3) is 0 Å². The highest BCUT2D eigenvalue weighted by atomic mass is 15.1. The van der Waals surface area contributed by atoms with Crippen molar-refractivity contribution in [2.24, 2.45) is 5.92 Å². The van der Waals surface area contributed by atoms with Crippen molar-refractivity contribution in [1.82, 2.24) is 4.90 Å². The largest absolute Gasteiger partial charge is 0.303 e. The zero-order valence-electron chi connectivity index (χ0n) is 7.88. The Morgan fingerprint density at radius 2 is 2.00 bits per heavy atom. The van der Waals surface area contributed by atoms with Gasteiger partial charge in [0.05, 0.1) is 0 Å². The van der Waals surface area contributed by atoms with Gasteiger partial charge >= 0.3 is 0 Å². The Morgan fingerprint density at radius 1 is 1.27 bits per heavy atom. The van der Waals surface area contributed by atoms with Crippen LogP contribution in [0.2, 0.25) is 0 Å². The number of allylic oxidation sites excluding steroid dienone is 1. The van der Waals surface area contributed by atoms with Crippen molar-refractivity contribution >= 4 is 0 Å². The lowest BCUT2D eigenvalue weighted by Gasteiger charge is -2.30. The van der Waals surface area contributed by atoms with Crippen molar-refractivity contribution in [3.63, 3.8) is 0 Å². The van der Waals surface area contributed by atoms with Gasteiger partial charge in [0.2, 0.25) is 0 Å². The van der Waals surface area contributed by atoms with E-state index >= 15 is 0 Å². The van der Waals surface area contributed by atoms with Gasteiger partial charge in [-0.25, -0.2) is 0 Å². The molecule has 0 aromatic carbocycles. The summed E-state index contributed by atoms with van der Waals surface area (Å²) in [6.07, 6.45) is 7.09. The first-order chi connectivity index (χ1) is 5.22. The van der Waals surface area contributed by atoms with E-state index in [0.29, 0.717) is 0 Å². The van der Waals surface area contributed by atoms with Crippen molar-refractivity contribution in [3.05, 3.63) is 12.2 Å². The summed E-state index contributed by atoms with van der Waals surface area (Å²) in [4.78, 5) is 2.45. The molecule has 1 nitrogen and oxygen atoms in total. The second kappa shape index (κ2) is 3.91. The van der Waals surface area contributed by atoms with Gasteiger partial charge in [-0.05, 0) is 32.7 Å². The zero-order valence-corrected chi connectivity index (χ0v) is 7.88. The predicted molar refractivity (Wildman–Crippen MR) is 49.6 cm³/mol. The smallest absolute Gasteiger partial charge is 0.00925 e. The summed E-state index contributed by atoms with van der Waals surface area (Å²) in [5.74, 6) is 0.802. The molecule has 1 heteroatoms. The Hall–Kier alpha value is -0.300. The van der Waals surface area contributed by atoms with Gasteiger partial charge < -0.3 is 4.90 Å². The van der Waals surface area contributed by atoms with Crippen LogP contribution in [0.3, 0.4) is 0 Å². The van der Waals surface area contributed by atoms with Crippen LogP contribution >= 0.6 is 0 Å². The first-order valence-electron chi connectivity index (χ1n) is 4.57. The third kappa shape index (κ3) is 2.33. The lowest BCUT2D eigenvalue weighted by molar-refractivity contribution is 0.199. The van der Waals surface area contributed by atoms with Crippen LogP contribution in [-0.2, 0) is 0 Å². The highest BCUT2D eigenvalue weighted by Crippen LogP contribution is 2.16. The molecule has 1 rings (SSSR count). The molecule has 0 amide bonds. The second-order valence-corrected chi connectivity index (χ2v) is 3.69. The summed E-state index contributed by atoms with van der Waals surface area (Å²) in [5, 5.41) is 0. The van der Waals surface area contributed by atoms with E-state index < -0.39 is 0 Å². The van der Waals surface area contributed by atoms with Crippen molar-refractivity contribution in [1.29, 1.82) is 0 Å². The second-order valence-electron chi connectivity index (χ2n) is 3.69. The minimum absolute atomic E-state index is 0.736. The topological polar surface area (TPSA) is 3.24 Å². The fourth-order valence-corrected chi connectivity index (χ4v) is 1.54. The molecule has 0 aromatic heterocycles. The van der Waals surface area contributed by atoms with Gasteiger partial charge in [0, 0.05) is 12.6 Å². The third-order valence-corrected chi connectivity index (χ3v) is 2.84. The average Bonchev–Trinajstić information content (AvgIpc) is 2.00. The average molecular weight is 153 g/mol. The Labute approximate surface area is 70.1 Å². The summed E-state index contributed by atoms with van der Waals surface area (Å²) in [6, 6.07) is 0.736. The maximum Gasteiger partial charge on any atom is 0.00925 e. The standard InChI is InChI=1S/C10H19N/c1-9-7-5-4-6-8-11(3)10(9)2/h4-5,9-10H,6-8H2,1-3H3. The number of rotatable bonds is 0. The summed E-state index contributed by atoms with van der Waals surface area (Å²) in [6.45, 7) is 5.86. The Kier molecular flexibility index (Phi) is 3.13. The first-order valence-corrected chi connectivity index (χ1v) is 4.57. The van der Waals surface area contributed by atoms with E-state index in [9.17, 15) is 0 Å². The van der Waals surface area contributed by atoms with Gasteiger partial charge in [-0.3, -0.25) is 0 Å². The highest BCUT2D eigenvalue weighted by molar-refractivity contribution is 4.89. The monoisotopic (exact) mass is 153 g/mol. The van der Waals surface area contributed by atoms with Crippen molar-refractivity contribution in [2.45, 2.75) is 32.7 Å². The molecule has 0 bridgehead atoms. The van der Waals surface area contributed by atoms with Gasteiger partial charge in [-0.15, -0.1) is 0 Å². The molecule has 0 fully saturated rings. The molecule has 0 spiro atoms. The minimum atomic E-state index is 0.736. The van der Waals surface area contributed by atoms with E-state index in [1.54, 1.807) is 0 Å². The fraction of sp³-hybridized carbons (Fsp3) is 0.800. The van der Waals surface area contributed by atoms with Crippen molar-refractivity contribution in [2.75, 3.05) is 13.6 Å². The molecule has 2 unspecified atom stereocenters. The van der Waals surface area contributed by atoms with Crippen molar-refractivity contribution < 1.29 is 0 Å². The molecule has 0 aliphatic carbocycles. The normalized spacial score (nSPS) is 34.8. The SMILES string of the molecule is CC1CC=CCCN(C)C1C. The molecule has 0 saturated carbocycles. The van der Waals surface area contributed by atoms with Crippen LogP contribution in [0, 0.1) is 5.92 Å². The Balaban J connectivity index is 2.54. The third-order valence-electron chi connectivity index (χ3n) is 2.84.